The molecule has 0 spiro atoms. The number of likely N-dealkylation sites (N-methyl/N-ethyl adjacent to an activating group) is 1. The minimum atomic E-state index is 0.0554. The van der Waals surface area contributed by atoms with Crippen molar-refractivity contribution >= 4 is 0 Å². The van der Waals surface area contributed by atoms with Gasteiger partial charge in [-0.15, -0.1) is 0 Å². The third kappa shape index (κ3) is 3.27. The van der Waals surface area contributed by atoms with Crippen molar-refractivity contribution in [2.75, 3.05) is 20.6 Å². The van der Waals surface area contributed by atoms with E-state index < -0.39 is 0 Å². The van der Waals surface area contributed by atoms with E-state index in [1.54, 1.807) is 6.33 Å². The summed E-state index contributed by atoms with van der Waals surface area (Å²) in [5, 5.41) is 3.64. The fourth-order valence-corrected chi connectivity index (χ4v) is 2.22. The van der Waals surface area contributed by atoms with Gasteiger partial charge >= 0.3 is 0 Å². The molecular weight excluding hydrogens is 224 g/mol. The van der Waals surface area contributed by atoms with Gasteiger partial charge in [-0.25, -0.2) is 9.97 Å². The zero-order valence-corrected chi connectivity index (χ0v) is 12.3. The monoisotopic (exact) mass is 250 g/mol. The van der Waals surface area contributed by atoms with E-state index in [2.05, 4.69) is 55.1 Å². The first-order chi connectivity index (χ1) is 8.56. The van der Waals surface area contributed by atoms with E-state index in [1.165, 1.54) is 0 Å². The molecule has 1 N–H and O–H groups in total. The highest BCUT2D eigenvalue weighted by Crippen LogP contribution is 2.32. The zero-order valence-electron chi connectivity index (χ0n) is 12.3. The highest BCUT2D eigenvalue weighted by Gasteiger charge is 2.35. The van der Waals surface area contributed by atoms with E-state index in [0.29, 0.717) is 0 Å². The maximum Gasteiger partial charge on any atom is 0.115 e. The van der Waals surface area contributed by atoms with Crippen LogP contribution < -0.4 is 5.32 Å². The highest BCUT2D eigenvalue weighted by atomic mass is 15.2. The van der Waals surface area contributed by atoms with Gasteiger partial charge in [0.15, 0.2) is 0 Å². The van der Waals surface area contributed by atoms with Crippen LogP contribution in [0.4, 0.5) is 0 Å². The number of nitrogens with one attached hydrogen (secondary N) is 1. The van der Waals surface area contributed by atoms with E-state index >= 15 is 0 Å². The second-order valence-electron chi connectivity index (χ2n) is 5.16. The van der Waals surface area contributed by atoms with Gasteiger partial charge in [-0.2, -0.15) is 0 Å². The summed E-state index contributed by atoms with van der Waals surface area (Å²) >= 11 is 0. The average Bonchev–Trinajstić information content (AvgIpc) is 2.39. The number of aromatic nitrogens is 2. The van der Waals surface area contributed by atoms with Crippen molar-refractivity contribution in [2.24, 2.45) is 0 Å². The first-order valence-electron chi connectivity index (χ1n) is 6.72. The van der Waals surface area contributed by atoms with Crippen molar-refractivity contribution in [1.29, 1.82) is 0 Å². The summed E-state index contributed by atoms with van der Waals surface area (Å²) in [6.07, 6.45) is 7.60. The predicted octanol–water partition coefficient (Wildman–Crippen LogP) is 2.25. The summed E-state index contributed by atoms with van der Waals surface area (Å²) in [5.74, 6) is 0. The molecule has 0 aliphatic carbocycles. The summed E-state index contributed by atoms with van der Waals surface area (Å²) in [7, 11) is 4.27. The molecule has 18 heavy (non-hydrogen) atoms. The van der Waals surface area contributed by atoms with Crippen molar-refractivity contribution in [3.05, 3.63) is 24.3 Å². The molecule has 102 valence electrons. The molecule has 0 radical (unpaired) electrons. The molecule has 0 aromatic carbocycles. The predicted molar refractivity (Wildman–Crippen MR) is 75.4 cm³/mol. The normalized spacial score (nSPS) is 16.6. The van der Waals surface area contributed by atoms with E-state index in [9.17, 15) is 0 Å². The molecule has 0 aliphatic rings. The van der Waals surface area contributed by atoms with Crippen LogP contribution in [0, 0.1) is 0 Å². The molecule has 0 saturated heterocycles. The molecule has 1 aromatic rings. The van der Waals surface area contributed by atoms with Gasteiger partial charge < -0.3 is 10.2 Å². The number of hydrogen-bond acceptors (Lipinski definition) is 4. The minimum Gasteiger partial charge on any atom is -0.308 e. The standard InChI is InChI=1S/C14H26N4/c1-6-8-17-13(12-9-15-11-16-10-12)14(3,7-2)18(4)5/h9-11,13,17H,6-8H2,1-5H3. The largest absolute Gasteiger partial charge is 0.308 e. The van der Waals surface area contributed by atoms with Crippen molar-refractivity contribution in [3.8, 4) is 0 Å². The van der Waals surface area contributed by atoms with Gasteiger partial charge in [0.25, 0.3) is 0 Å². The molecule has 1 aromatic heterocycles. The molecule has 1 rings (SSSR count). The van der Waals surface area contributed by atoms with Crippen LogP contribution in [0.5, 0.6) is 0 Å². The molecule has 0 aliphatic heterocycles. The maximum absolute atomic E-state index is 4.15. The SMILES string of the molecule is CCCNC(c1cncnc1)C(C)(CC)N(C)C. The molecule has 0 saturated carbocycles. The lowest BCUT2D eigenvalue weighted by atomic mass is 9.84. The van der Waals surface area contributed by atoms with Crippen molar-refractivity contribution < 1.29 is 0 Å². The highest BCUT2D eigenvalue weighted by molar-refractivity contribution is 5.16. The molecule has 4 nitrogen and oxygen atoms in total. The van der Waals surface area contributed by atoms with Crippen LogP contribution in [-0.4, -0.2) is 41.0 Å². The Morgan fingerprint density at radius 2 is 1.89 bits per heavy atom. The topological polar surface area (TPSA) is 41.1 Å². The Morgan fingerprint density at radius 1 is 1.28 bits per heavy atom. The summed E-state index contributed by atoms with van der Waals surface area (Å²) in [4.78, 5) is 10.6. The summed E-state index contributed by atoms with van der Waals surface area (Å²) in [5.41, 5.74) is 1.21. The molecule has 1 heterocycles. The van der Waals surface area contributed by atoms with E-state index in [0.717, 1.165) is 24.9 Å². The maximum atomic E-state index is 4.15. The van der Waals surface area contributed by atoms with Crippen molar-refractivity contribution in [2.45, 2.75) is 45.2 Å². The van der Waals surface area contributed by atoms with Crippen molar-refractivity contribution in [3.63, 3.8) is 0 Å². The quantitative estimate of drug-likeness (QED) is 0.806. The van der Waals surface area contributed by atoms with Crippen LogP contribution in [-0.2, 0) is 0 Å². The van der Waals surface area contributed by atoms with E-state index in [1.807, 2.05) is 12.4 Å². The fraction of sp³-hybridized carbons (Fsp3) is 0.714. The van der Waals surface area contributed by atoms with Crippen LogP contribution in [0.25, 0.3) is 0 Å². The first kappa shape index (κ1) is 15.1. The Kier molecular flexibility index (Phi) is 5.69. The Balaban J connectivity index is 3.04. The third-order valence-corrected chi connectivity index (χ3v) is 3.87. The molecule has 0 amide bonds. The van der Waals surface area contributed by atoms with Gasteiger partial charge in [-0.1, -0.05) is 13.8 Å². The second kappa shape index (κ2) is 6.81. The van der Waals surface area contributed by atoms with Gasteiger partial charge in [0.05, 0.1) is 6.04 Å². The molecule has 2 atom stereocenters. The Labute approximate surface area is 111 Å². The first-order valence-corrected chi connectivity index (χ1v) is 6.72. The van der Waals surface area contributed by atoms with Gasteiger partial charge in [0.2, 0.25) is 0 Å². The van der Waals surface area contributed by atoms with Gasteiger partial charge in [0, 0.05) is 23.5 Å². The van der Waals surface area contributed by atoms with Gasteiger partial charge in [-0.05, 0) is 40.4 Å². The molecule has 2 unspecified atom stereocenters. The lowest BCUT2D eigenvalue weighted by Gasteiger charge is -2.43. The molecule has 0 fully saturated rings. The van der Waals surface area contributed by atoms with Crippen molar-refractivity contribution in [1.82, 2.24) is 20.2 Å². The average molecular weight is 250 g/mol. The Bertz CT molecular complexity index is 339. The van der Waals surface area contributed by atoms with Crippen LogP contribution in [0.1, 0.15) is 45.2 Å². The van der Waals surface area contributed by atoms with Gasteiger partial charge in [-0.3, -0.25) is 0 Å². The van der Waals surface area contributed by atoms with Gasteiger partial charge in [0.1, 0.15) is 6.33 Å². The van der Waals surface area contributed by atoms with E-state index in [4.69, 9.17) is 0 Å². The fourth-order valence-electron chi connectivity index (χ4n) is 2.22. The molecule has 4 heteroatoms. The Hall–Kier alpha value is -1.00. The summed E-state index contributed by atoms with van der Waals surface area (Å²) < 4.78 is 0. The smallest absolute Gasteiger partial charge is 0.115 e. The number of hydrogen-bond donors (Lipinski definition) is 1. The third-order valence-electron chi connectivity index (χ3n) is 3.87. The molecule has 0 bridgehead atoms. The van der Waals surface area contributed by atoms with Crippen LogP contribution in [0.2, 0.25) is 0 Å². The lowest BCUT2D eigenvalue weighted by molar-refractivity contribution is 0.112. The summed E-state index contributed by atoms with van der Waals surface area (Å²) in [6.45, 7) is 7.70. The van der Waals surface area contributed by atoms with Crippen LogP contribution in [0.3, 0.4) is 0 Å². The minimum absolute atomic E-state index is 0.0554. The van der Waals surface area contributed by atoms with Crippen LogP contribution in [0.15, 0.2) is 18.7 Å². The number of rotatable bonds is 7. The summed E-state index contributed by atoms with van der Waals surface area (Å²) in [6, 6.07) is 0.249. The van der Waals surface area contributed by atoms with Crippen LogP contribution >= 0.6 is 0 Å². The lowest BCUT2D eigenvalue weighted by Crippen LogP contribution is -2.51. The number of nitrogens with zero attached hydrogens (tertiary/aromatic N) is 3. The van der Waals surface area contributed by atoms with E-state index in [-0.39, 0.29) is 11.6 Å². The second-order valence-corrected chi connectivity index (χ2v) is 5.16. The molecular formula is C14H26N4. The zero-order chi connectivity index (χ0) is 13.6. The Morgan fingerprint density at radius 3 is 2.33 bits per heavy atom.